The molecule has 0 fully saturated rings. The lowest BCUT2D eigenvalue weighted by Gasteiger charge is -2.20. The van der Waals surface area contributed by atoms with E-state index in [0.29, 0.717) is 11.5 Å². The molecule has 0 aliphatic carbocycles. The van der Waals surface area contributed by atoms with Gasteiger partial charge in [-0.15, -0.1) is 0 Å². The first-order chi connectivity index (χ1) is 7.43. The molecule has 0 saturated heterocycles. The number of hydrogen-bond acceptors (Lipinski definition) is 3. The highest BCUT2D eigenvalue weighted by Crippen LogP contribution is 2.16. The number of amides is 1. The molecule has 1 heterocycles. The van der Waals surface area contributed by atoms with Gasteiger partial charge in [-0.1, -0.05) is 19.1 Å². The van der Waals surface area contributed by atoms with Crippen molar-refractivity contribution in [1.82, 2.24) is 4.90 Å². The Labute approximate surface area is 105 Å². The average Bonchev–Trinajstić information content (AvgIpc) is 2.62. The molecule has 0 radical (unpaired) electrons. The van der Waals surface area contributed by atoms with E-state index in [1.165, 1.54) is 11.3 Å². The number of hydrogen-bond donors (Lipinski definition) is 1. The third-order valence-electron chi connectivity index (χ3n) is 2.47. The van der Waals surface area contributed by atoms with E-state index in [1.54, 1.807) is 11.9 Å². The number of thiocarbonyl (C=S) groups is 1. The minimum atomic E-state index is 0.0295. The Morgan fingerprint density at radius 2 is 2.25 bits per heavy atom. The molecule has 3 nitrogen and oxygen atoms in total. The molecule has 16 heavy (non-hydrogen) atoms. The first kappa shape index (κ1) is 13.1. The highest BCUT2D eigenvalue weighted by Gasteiger charge is 2.17. The van der Waals surface area contributed by atoms with Crippen LogP contribution in [0.4, 0.5) is 0 Å². The molecule has 2 N–H and O–H groups in total. The van der Waals surface area contributed by atoms with Crippen molar-refractivity contribution in [3.05, 3.63) is 21.9 Å². The molecule has 1 unspecified atom stereocenters. The predicted octanol–water partition coefficient (Wildman–Crippen LogP) is 2.05. The molecule has 88 valence electrons. The Hall–Kier alpha value is -0.940. The summed E-state index contributed by atoms with van der Waals surface area (Å²) in [6.45, 7) is 4.42. The SMILES string of the molecule is Cc1cscc1C(=O)N(C)CC(C)C(N)=S. The first-order valence-electron chi connectivity index (χ1n) is 5.01. The maximum Gasteiger partial charge on any atom is 0.254 e. The highest BCUT2D eigenvalue weighted by molar-refractivity contribution is 7.80. The van der Waals surface area contributed by atoms with Crippen LogP contribution in [0.1, 0.15) is 22.8 Å². The quantitative estimate of drug-likeness (QED) is 0.839. The minimum absolute atomic E-state index is 0.0295. The summed E-state index contributed by atoms with van der Waals surface area (Å²) >= 11 is 6.43. The number of thiophene rings is 1. The highest BCUT2D eigenvalue weighted by atomic mass is 32.1. The van der Waals surface area contributed by atoms with Crippen LogP contribution < -0.4 is 5.73 Å². The third-order valence-corrected chi connectivity index (χ3v) is 3.73. The molecule has 0 aromatic carbocycles. The van der Waals surface area contributed by atoms with Gasteiger partial charge in [0.1, 0.15) is 0 Å². The molecule has 0 aliphatic heterocycles. The first-order valence-corrected chi connectivity index (χ1v) is 6.36. The predicted molar refractivity (Wildman–Crippen MR) is 72.0 cm³/mol. The number of carbonyl (C=O) groups excluding carboxylic acids is 1. The van der Waals surface area contributed by atoms with Gasteiger partial charge in [0.25, 0.3) is 5.91 Å². The molecule has 0 aliphatic rings. The van der Waals surface area contributed by atoms with Crippen LogP contribution in [0.15, 0.2) is 10.8 Å². The number of carbonyl (C=O) groups is 1. The smallest absolute Gasteiger partial charge is 0.254 e. The fourth-order valence-corrected chi connectivity index (χ4v) is 2.27. The van der Waals surface area contributed by atoms with E-state index in [2.05, 4.69) is 0 Å². The van der Waals surface area contributed by atoms with Crippen molar-refractivity contribution >= 4 is 34.5 Å². The second kappa shape index (κ2) is 5.41. The summed E-state index contributed by atoms with van der Waals surface area (Å²) in [6, 6.07) is 0. The molecule has 1 amide bonds. The number of nitrogens with two attached hydrogens (primary N) is 1. The standard InChI is InChI=1S/C11H16N2OS2/c1-7(10(12)15)4-13(3)11(14)9-6-16-5-8(9)2/h5-7H,4H2,1-3H3,(H2,12,15). The van der Waals surface area contributed by atoms with Gasteiger partial charge in [-0.25, -0.2) is 0 Å². The fraction of sp³-hybridized carbons (Fsp3) is 0.455. The number of aryl methyl sites for hydroxylation is 1. The zero-order valence-electron chi connectivity index (χ0n) is 9.69. The van der Waals surface area contributed by atoms with Gasteiger partial charge in [-0.05, 0) is 17.9 Å². The summed E-state index contributed by atoms with van der Waals surface area (Å²) in [7, 11) is 1.77. The largest absolute Gasteiger partial charge is 0.393 e. The molecule has 1 rings (SSSR count). The Kier molecular flexibility index (Phi) is 4.44. The van der Waals surface area contributed by atoms with Crippen LogP contribution >= 0.6 is 23.6 Å². The maximum absolute atomic E-state index is 12.0. The maximum atomic E-state index is 12.0. The summed E-state index contributed by atoms with van der Waals surface area (Å²) < 4.78 is 0. The fourth-order valence-electron chi connectivity index (χ4n) is 1.37. The van der Waals surface area contributed by atoms with E-state index in [4.69, 9.17) is 18.0 Å². The van der Waals surface area contributed by atoms with E-state index < -0.39 is 0 Å². The zero-order chi connectivity index (χ0) is 12.3. The van der Waals surface area contributed by atoms with Crippen LogP contribution in [-0.2, 0) is 0 Å². The van der Waals surface area contributed by atoms with Crippen LogP contribution in [0.25, 0.3) is 0 Å². The lowest BCUT2D eigenvalue weighted by atomic mass is 10.1. The van der Waals surface area contributed by atoms with Crippen LogP contribution in [-0.4, -0.2) is 29.4 Å². The lowest BCUT2D eigenvalue weighted by Crippen LogP contribution is -2.35. The molecule has 1 aromatic rings. The summed E-state index contributed by atoms with van der Waals surface area (Å²) in [5.74, 6) is 0.0738. The molecular weight excluding hydrogens is 240 g/mol. The molecular formula is C11H16N2OS2. The van der Waals surface area contributed by atoms with E-state index in [0.717, 1.165) is 11.1 Å². The Morgan fingerprint density at radius 3 is 2.69 bits per heavy atom. The van der Waals surface area contributed by atoms with E-state index in [9.17, 15) is 4.79 Å². The second-order valence-electron chi connectivity index (χ2n) is 3.96. The Balaban J connectivity index is 2.69. The molecule has 5 heteroatoms. The van der Waals surface area contributed by atoms with Crippen LogP contribution in [0.5, 0.6) is 0 Å². The van der Waals surface area contributed by atoms with E-state index in [1.807, 2.05) is 24.6 Å². The number of rotatable bonds is 4. The van der Waals surface area contributed by atoms with Gasteiger partial charge in [-0.2, -0.15) is 11.3 Å². The number of nitrogens with zero attached hydrogens (tertiary/aromatic N) is 1. The summed E-state index contributed by atoms with van der Waals surface area (Å²) in [4.78, 5) is 14.1. The van der Waals surface area contributed by atoms with Gasteiger partial charge in [0, 0.05) is 24.9 Å². The lowest BCUT2D eigenvalue weighted by molar-refractivity contribution is 0.0787. The van der Waals surface area contributed by atoms with Crippen LogP contribution in [0.2, 0.25) is 0 Å². The zero-order valence-corrected chi connectivity index (χ0v) is 11.3. The van der Waals surface area contributed by atoms with Gasteiger partial charge in [-0.3, -0.25) is 4.79 Å². The van der Waals surface area contributed by atoms with Crippen molar-refractivity contribution in [2.24, 2.45) is 11.7 Å². The Morgan fingerprint density at radius 1 is 1.62 bits per heavy atom. The van der Waals surface area contributed by atoms with E-state index >= 15 is 0 Å². The second-order valence-corrected chi connectivity index (χ2v) is 5.17. The monoisotopic (exact) mass is 256 g/mol. The van der Waals surface area contributed by atoms with Crippen LogP contribution in [0.3, 0.4) is 0 Å². The van der Waals surface area contributed by atoms with Gasteiger partial charge in [0.05, 0.1) is 10.6 Å². The molecule has 0 saturated carbocycles. The summed E-state index contributed by atoms with van der Waals surface area (Å²) in [6.07, 6.45) is 0. The Bertz CT molecular complexity index is 400. The van der Waals surface area contributed by atoms with Crippen molar-refractivity contribution in [3.63, 3.8) is 0 Å². The van der Waals surface area contributed by atoms with E-state index in [-0.39, 0.29) is 11.8 Å². The summed E-state index contributed by atoms with van der Waals surface area (Å²) in [5.41, 5.74) is 7.31. The molecule has 0 spiro atoms. The minimum Gasteiger partial charge on any atom is -0.393 e. The van der Waals surface area contributed by atoms with Crippen molar-refractivity contribution in [2.75, 3.05) is 13.6 Å². The van der Waals surface area contributed by atoms with Gasteiger partial charge < -0.3 is 10.6 Å². The molecule has 1 atom stereocenters. The van der Waals surface area contributed by atoms with Crippen LogP contribution in [0, 0.1) is 12.8 Å². The third kappa shape index (κ3) is 3.02. The van der Waals surface area contributed by atoms with Gasteiger partial charge in [0.15, 0.2) is 0 Å². The average molecular weight is 256 g/mol. The normalized spacial score (nSPS) is 12.2. The topological polar surface area (TPSA) is 46.3 Å². The van der Waals surface area contributed by atoms with Crippen molar-refractivity contribution in [3.8, 4) is 0 Å². The van der Waals surface area contributed by atoms with Crippen molar-refractivity contribution in [1.29, 1.82) is 0 Å². The molecule has 1 aromatic heterocycles. The summed E-state index contributed by atoms with van der Waals surface area (Å²) in [5, 5.41) is 3.84. The van der Waals surface area contributed by atoms with Gasteiger partial charge in [0.2, 0.25) is 0 Å². The van der Waals surface area contributed by atoms with Crippen molar-refractivity contribution in [2.45, 2.75) is 13.8 Å². The van der Waals surface area contributed by atoms with Crippen molar-refractivity contribution < 1.29 is 4.79 Å². The van der Waals surface area contributed by atoms with Gasteiger partial charge >= 0.3 is 0 Å². The molecule has 0 bridgehead atoms.